The Hall–Kier alpha value is -3.29. The molecule has 0 saturated heterocycles. The zero-order valence-electron chi connectivity index (χ0n) is 18.1. The molecule has 1 N–H and O–H groups in total. The number of methoxy groups -OCH3 is 1. The number of nitrogens with one attached hydrogen (secondary N) is 1. The van der Waals surface area contributed by atoms with E-state index in [1.807, 2.05) is 6.07 Å². The van der Waals surface area contributed by atoms with E-state index in [0.717, 1.165) is 5.56 Å². The van der Waals surface area contributed by atoms with E-state index in [1.165, 1.54) is 19.4 Å². The van der Waals surface area contributed by atoms with Crippen LogP contribution in [0.5, 0.6) is 17.4 Å². The smallest absolute Gasteiger partial charge is 0.306 e. The number of carbonyl (C=O) groups excluding carboxylic acids is 2. The van der Waals surface area contributed by atoms with Gasteiger partial charge >= 0.3 is 5.97 Å². The van der Waals surface area contributed by atoms with E-state index in [9.17, 15) is 9.59 Å². The van der Waals surface area contributed by atoms with Gasteiger partial charge in [-0.15, -0.1) is 0 Å². The summed E-state index contributed by atoms with van der Waals surface area (Å²) >= 11 is 11.8. The van der Waals surface area contributed by atoms with E-state index in [-0.39, 0.29) is 18.3 Å². The highest BCUT2D eigenvalue weighted by molar-refractivity contribution is 6.42. The fourth-order valence-electron chi connectivity index (χ4n) is 2.90. The maximum Gasteiger partial charge on any atom is 0.306 e. The molecule has 2 aromatic carbocycles. The third kappa shape index (κ3) is 6.84. The van der Waals surface area contributed by atoms with Crippen LogP contribution in [0.25, 0.3) is 0 Å². The molecule has 0 bridgehead atoms. The van der Waals surface area contributed by atoms with Gasteiger partial charge in [-0.3, -0.25) is 9.59 Å². The van der Waals surface area contributed by atoms with Crippen LogP contribution in [0.1, 0.15) is 29.3 Å². The van der Waals surface area contributed by atoms with Crippen molar-refractivity contribution in [1.82, 2.24) is 4.98 Å². The third-order valence-electron chi connectivity index (χ3n) is 4.54. The SMILES string of the molecule is CCOC(=O)CCc1ccc(Oc2ccc(NC(=O)c3ccc(Cl)c(Cl)c3)cn2)c(OC)c1. The molecular formula is C24H22Cl2N2O5. The molecule has 0 atom stereocenters. The number of pyridine rings is 1. The van der Waals surface area contributed by atoms with Gasteiger partial charge in [0.2, 0.25) is 5.88 Å². The molecule has 1 heterocycles. The van der Waals surface area contributed by atoms with Crippen molar-refractivity contribution in [3.8, 4) is 17.4 Å². The number of aromatic nitrogens is 1. The van der Waals surface area contributed by atoms with Gasteiger partial charge in [0.1, 0.15) is 0 Å². The van der Waals surface area contributed by atoms with Gasteiger partial charge in [-0.25, -0.2) is 4.98 Å². The molecular weight excluding hydrogens is 467 g/mol. The lowest BCUT2D eigenvalue weighted by atomic mass is 10.1. The van der Waals surface area contributed by atoms with Gasteiger partial charge in [0.05, 0.1) is 35.6 Å². The van der Waals surface area contributed by atoms with Crippen molar-refractivity contribution in [1.29, 1.82) is 0 Å². The number of nitrogens with zero attached hydrogens (tertiary/aromatic N) is 1. The number of amides is 1. The average Bonchev–Trinajstić information content (AvgIpc) is 2.81. The Balaban J connectivity index is 1.63. The lowest BCUT2D eigenvalue weighted by Gasteiger charge is -2.12. The Bertz CT molecular complexity index is 1140. The van der Waals surface area contributed by atoms with Crippen LogP contribution in [-0.4, -0.2) is 30.6 Å². The molecule has 0 aliphatic rings. The second-order valence-electron chi connectivity index (χ2n) is 6.86. The highest BCUT2D eigenvalue weighted by atomic mass is 35.5. The maximum absolute atomic E-state index is 12.4. The summed E-state index contributed by atoms with van der Waals surface area (Å²) in [6, 6.07) is 13.3. The molecule has 0 aliphatic heterocycles. The summed E-state index contributed by atoms with van der Waals surface area (Å²) in [4.78, 5) is 28.2. The normalized spacial score (nSPS) is 10.4. The lowest BCUT2D eigenvalue weighted by molar-refractivity contribution is -0.143. The molecule has 0 unspecified atom stereocenters. The van der Waals surface area contributed by atoms with Crippen LogP contribution in [0.2, 0.25) is 10.0 Å². The van der Waals surface area contributed by atoms with Crippen LogP contribution in [0.4, 0.5) is 5.69 Å². The van der Waals surface area contributed by atoms with E-state index in [0.29, 0.717) is 51.7 Å². The molecule has 7 nitrogen and oxygen atoms in total. The number of ether oxygens (including phenoxy) is 3. The van der Waals surface area contributed by atoms with Crippen LogP contribution in [-0.2, 0) is 16.0 Å². The van der Waals surface area contributed by atoms with Gasteiger partial charge in [-0.2, -0.15) is 0 Å². The quantitative estimate of drug-likeness (QED) is 0.375. The minimum atomic E-state index is -0.343. The summed E-state index contributed by atoms with van der Waals surface area (Å²) in [7, 11) is 1.53. The van der Waals surface area contributed by atoms with Crippen molar-refractivity contribution in [2.75, 3.05) is 19.0 Å². The van der Waals surface area contributed by atoms with E-state index in [4.69, 9.17) is 37.4 Å². The molecule has 0 aliphatic carbocycles. The molecule has 0 radical (unpaired) electrons. The summed E-state index contributed by atoms with van der Waals surface area (Å²) in [5.41, 5.74) is 1.78. The zero-order valence-corrected chi connectivity index (χ0v) is 19.6. The molecule has 33 heavy (non-hydrogen) atoms. The summed E-state index contributed by atoms with van der Waals surface area (Å²) in [5.74, 6) is 0.712. The fraction of sp³-hybridized carbons (Fsp3) is 0.208. The van der Waals surface area contributed by atoms with Crippen LogP contribution in [0.3, 0.4) is 0 Å². The predicted octanol–water partition coefficient (Wildman–Crippen LogP) is 5.94. The van der Waals surface area contributed by atoms with Gasteiger partial charge in [0, 0.05) is 18.1 Å². The van der Waals surface area contributed by atoms with Crippen molar-refractivity contribution in [2.45, 2.75) is 19.8 Å². The summed E-state index contributed by atoms with van der Waals surface area (Å²) in [6.07, 6.45) is 2.29. The monoisotopic (exact) mass is 488 g/mol. The summed E-state index contributed by atoms with van der Waals surface area (Å²) in [6.45, 7) is 2.14. The average molecular weight is 489 g/mol. The van der Waals surface area contributed by atoms with Crippen LogP contribution >= 0.6 is 23.2 Å². The number of hydrogen-bond donors (Lipinski definition) is 1. The first kappa shape index (κ1) is 24.4. The maximum atomic E-state index is 12.4. The fourth-order valence-corrected chi connectivity index (χ4v) is 3.20. The number of hydrogen-bond acceptors (Lipinski definition) is 6. The Morgan fingerprint density at radius 3 is 2.48 bits per heavy atom. The van der Waals surface area contributed by atoms with Gasteiger partial charge in [0.15, 0.2) is 11.5 Å². The Kier molecular flexibility index (Phi) is 8.52. The minimum Gasteiger partial charge on any atom is -0.493 e. The van der Waals surface area contributed by atoms with Crippen molar-refractivity contribution in [3.63, 3.8) is 0 Å². The van der Waals surface area contributed by atoms with E-state index < -0.39 is 0 Å². The first-order chi connectivity index (χ1) is 15.9. The van der Waals surface area contributed by atoms with Gasteiger partial charge < -0.3 is 19.5 Å². The van der Waals surface area contributed by atoms with Crippen LogP contribution in [0.15, 0.2) is 54.7 Å². The van der Waals surface area contributed by atoms with Crippen molar-refractivity contribution >= 4 is 40.8 Å². The van der Waals surface area contributed by atoms with Gasteiger partial charge in [0.25, 0.3) is 5.91 Å². The number of rotatable bonds is 9. The van der Waals surface area contributed by atoms with E-state index in [1.54, 1.807) is 43.3 Å². The number of aryl methyl sites for hydroxylation is 1. The third-order valence-corrected chi connectivity index (χ3v) is 5.28. The molecule has 172 valence electrons. The number of esters is 1. The molecule has 3 rings (SSSR count). The number of carbonyl (C=O) groups is 2. The molecule has 0 spiro atoms. The zero-order chi connectivity index (χ0) is 23.8. The van der Waals surface area contributed by atoms with Gasteiger partial charge in [-0.05, 0) is 55.3 Å². The van der Waals surface area contributed by atoms with Crippen LogP contribution < -0.4 is 14.8 Å². The summed E-state index contributed by atoms with van der Waals surface area (Å²) in [5, 5.41) is 3.41. The van der Waals surface area contributed by atoms with Crippen molar-refractivity contribution in [3.05, 3.63) is 75.9 Å². The molecule has 9 heteroatoms. The van der Waals surface area contributed by atoms with E-state index in [2.05, 4.69) is 10.3 Å². The highest BCUT2D eigenvalue weighted by Gasteiger charge is 2.12. The standard InChI is InChI=1S/C24H22Cl2N2O5/c1-3-32-23(29)11-5-15-4-9-20(21(12-15)31-2)33-22-10-7-17(14-27-22)28-24(30)16-6-8-18(25)19(26)13-16/h4,6-10,12-14H,3,5,11H2,1-2H3,(H,28,30). The number of benzene rings is 2. The van der Waals surface area contributed by atoms with E-state index >= 15 is 0 Å². The molecule has 0 fully saturated rings. The van der Waals surface area contributed by atoms with Crippen molar-refractivity contribution < 1.29 is 23.8 Å². The minimum absolute atomic E-state index is 0.243. The largest absolute Gasteiger partial charge is 0.493 e. The lowest BCUT2D eigenvalue weighted by Crippen LogP contribution is -2.12. The highest BCUT2D eigenvalue weighted by Crippen LogP contribution is 2.32. The molecule has 3 aromatic rings. The summed E-state index contributed by atoms with van der Waals surface area (Å²) < 4.78 is 16.2. The molecule has 1 aromatic heterocycles. The predicted molar refractivity (Wildman–Crippen MR) is 127 cm³/mol. The molecule has 1 amide bonds. The number of halogens is 2. The number of anilines is 1. The Morgan fingerprint density at radius 2 is 1.82 bits per heavy atom. The Labute approximate surface area is 201 Å². The Morgan fingerprint density at radius 1 is 1.00 bits per heavy atom. The second kappa shape index (κ2) is 11.5. The van der Waals surface area contributed by atoms with Crippen LogP contribution in [0, 0.1) is 0 Å². The first-order valence-corrected chi connectivity index (χ1v) is 10.9. The topological polar surface area (TPSA) is 86.8 Å². The first-order valence-electron chi connectivity index (χ1n) is 10.1. The molecule has 0 saturated carbocycles. The second-order valence-corrected chi connectivity index (χ2v) is 7.67. The van der Waals surface area contributed by atoms with Crippen molar-refractivity contribution in [2.24, 2.45) is 0 Å². The van der Waals surface area contributed by atoms with Gasteiger partial charge in [-0.1, -0.05) is 29.3 Å².